The van der Waals surface area contributed by atoms with Gasteiger partial charge in [0.15, 0.2) is 0 Å². The van der Waals surface area contributed by atoms with Crippen LogP contribution in [-0.4, -0.2) is 36.9 Å². The molecule has 0 spiro atoms. The van der Waals surface area contributed by atoms with Gasteiger partial charge < -0.3 is 4.90 Å². The lowest BCUT2D eigenvalue weighted by molar-refractivity contribution is -0.139. The monoisotopic (exact) mass is 260 g/mol. The summed E-state index contributed by atoms with van der Waals surface area (Å²) in [6.45, 7) is 2.02. The number of imide groups is 1. The van der Waals surface area contributed by atoms with Gasteiger partial charge in [0.1, 0.15) is 0 Å². The number of piperidine rings is 1. The minimum atomic E-state index is -0.230. The summed E-state index contributed by atoms with van der Waals surface area (Å²) in [7, 11) is 3.90. The molecule has 102 valence electrons. The molecule has 19 heavy (non-hydrogen) atoms. The van der Waals surface area contributed by atoms with Crippen LogP contribution in [0.2, 0.25) is 0 Å². The molecule has 1 aromatic rings. The van der Waals surface area contributed by atoms with Gasteiger partial charge >= 0.3 is 0 Å². The molecule has 1 aliphatic heterocycles. The van der Waals surface area contributed by atoms with Crippen molar-refractivity contribution in [3.05, 3.63) is 35.9 Å². The van der Waals surface area contributed by atoms with E-state index in [-0.39, 0.29) is 29.7 Å². The smallest absolute Gasteiger partial charge is 0.234 e. The molecule has 1 fully saturated rings. The first kappa shape index (κ1) is 13.7. The van der Waals surface area contributed by atoms with Gasteiger partial charge in [0.05, 0.1) is 11.8 Å². The lowest BCUT2D eigenvalue weighted by Crippen LogP contribution is -2.51. The molecule has 2 rings (SSSR count). The summed E-state index contributed by atoms with van der Waals surface area (Å²) in [5.41, 5.74) is 0.975. The van der Waals surface area contributed by atoms with E-state index in [9.17, 15) is 9.59 Å². The predicted molar refractivity (Wildman–Crippen MR) is 73.6 cm³/mol. The zero-order chi connectivity index (χ0) is 14.0. The maximum Gasteiger partial charge on any atom is 0.234 e. The standard InChI is InChI=1S/C15H20N2O2/c1-10(17(2)3)12-9-13(15(19)16-14(12)18)11-7-5-4-6-8-11/h4-8,10,12-13H,9H2,1-3H3,(H,16,18,19). The average molecular weight is 260 g/mol. The summed E-state index contributed by atoms with van der Waals surface area (Å²) >= 11 is 0. The summed E-state index contributed by atoms with van der Waals surface area (Å²) in [6.07, 6.45) is 0.577. The summed E-state index contributed by atoms with van der Waals surface area (Å²) < 4.78 is 0. The Kier molecular flexibility index (Phi) is 4.00. The van der Waals surface area contributed by atoms with Crippen molar-refractivity contribution in [2.45, 2.75) is 25.3 Å². The summed E-state index contributed by atoms with van der Waals surface area (Å²) in [4.78, 5) is 26.0. The van der Waals surface area contributed by atoms with Crippen LogP contribution >= 0.6 is 0 Å². The highest BCUT2D eigenvalue weighted by Crippen LogP contribution is 2.30. The molecule has 1 N–H and O–H groups in total. The average Bonchev–Trinajstić information content (AvgIpc) is 2.39. The molecule has 4 nitrogen and oxygen atoms in total. The number of hydrogen-bond donors (Lipinski definition) is 1. The highest BCUT2D eigenvalue weighted by molar-refractivity contribution is 6.02. The normalized spacial score (nSPS) is 25.3. The lowest BCUT2D eigenvalue weighted by atomic mass is 9.81. The number of carbonyl (C=O) groups excluding carboxylic acids is 2. The van der Waals surface area contributed by atoms with Crippen molar-refractivity contribution < 1.29 is 9.59 Å². The third-order valence-corrected chi connectivity index (χ3v) is 3.99. The van der Waals surface area contributed by atoms with Crippen LogP contribution in [0.25, 0.3) is 0 Å². The second kappa shape index (κ2) is 5.53. The SMILES string of the molecule is CC(C1CC(c2ccccc2)C(=O)NC1=O)N(C)C. The van der Waals surface area contributed by atoms with Gasteiger partial charge in [-0.1, -0.05) is 30.3 Å². The zero-order valence-corrected chi connectivity index (χ0v) is 11.6. The van der Waals surface area contributed by atoms with Crippen LogP contribution < -0.4 is 5.32 Å². The molecule has 1 heterocycles. The molecule has 0 aliphatic carbocycles. The fraction of sp³-hybridized carbons (Fsp3) is 0.467. The van der Waals surface area contributed by atoms with Crippen molar-refractivity contribution in [2.75, 3.05) is 14.1 Å². The zero-order valence-electron chi connectivity index (χ0n) is 11.6. The van der Waals surface area contributed by atoms with Crippen molar-refractivity contribution in [2.24, 2.45) is 5.92 Å². The van der Waals surface area contributed by atoms with Crippen LogP contribution in [0.4, 0.5) is 0 Å². The number of nitrogens with one attached hydrogen (secondary N) is 1. The highest BCUT2D eigenvalue weighted by Gasteiger charge is 2.38. The molecule has 4 heteroatoms. The Bertz CT molecular complexity index is 470. The van der Waals surface area contributed by atoms with Crippen LogP contribution in [0.15, 0.2) is 30.3 Å². The second-order valence-corrected chi connectivity index (χ2v) is 5.36. The quantitative estimate of drug-likeness (QED) is 0.835. The van der Waals surface area contributed by atoms with E-state index in [2.05, 4.69) is 5.32 Å². The lowest BCUT2D eigenvalue weighted by Gasteiger charge is -2.34. The molecule has 0 saturated carbocycles. The molecule has 1 saturated heterocycles. The van der Waals surface area contributed by atoms with E-state index < -0.39 is 0 Å². The molecular formula is C15H20N2O2. The number of nitrogens with zero attached hydrogens (tertiary/aromatic N) is 1. The third-order valence-electron chi connectivity index (χ3n) is 3.99. The third kappa shape index (κ3) is 2.84. The Morgan fingerprint density at radius 3 is 2.37 bits per heavy atom. The number of rotatable bonds is 3. The maximum absolute atomic E-state index is 12.0. The topological polar surface area (TPSA) is 49.4 Å². The molecule has 2 amide bonds. The van der Waals surface area contributed by atoms with E-state index in [4.69, 9.17) is 0 Å². The number of carbonyl (C=O) groups is 2. The Labute approximate surface area is 113 Å². The van der Waals surface area contributed by atoms with Crippen LogP contribution in [0.5, 0.6) is 0 Å². The maximum atomic E-state index is 12.0. The van der Waals surface area contributed by atoms with Crippen molar-refractivity contribution in [1.29, 1.82) is 0 Å². The molecule has 1 aromatic carbocycles. The first-order valence-electron chi connectivity index (χ1n) is 6.56. The Hall–Kier alpha value is -1.68. The molecule has 3 atom stereocenters. The second-order valence-electron chi connectivity index (χ2n) is 5.36. The van der Waals surface area contributed by atoms with Crippen LogP contribution in [0.3, 0.4) is 0 Å². The first-order valence-corrected chi connectivity index (χ1v) is 6.56. The van der Waals surface area contributed by atoms with E-state index in [0.29, 0.717) is 6.42 Å². The molecule has 1 aliphatic rings. The fourth-order valence-corrected chi connectivity index (χ4v) is 2.52. The summed E-state index contributed by atoms with van der Waals surface area (Å²) in [5.74, 6) is -0.721. The molecule has 0 radical (unpaired) electrons. The minimum absolute atomic E-state index is 0.110. The van der Waals surface area contributed by atoms with Gasteiger partial charge in [0.25, 0.3) is 0 Å². The van der Waals surface area contributed by atoms with Gasteiger partial charge in [0, 0.05) is 6.04 Å². The van der Waals surface area contributed by atoms with Crippen molar-refractivity contribution >= 4 is 11.8 Å². The molecule has 3 unspecified atom stereocenters. The molecular weight excluding hydrogens is 240 g/mol. The number of hydrogen-bond acceptors (Lipinski definition) is 3. The van der Waals surface area contributed by atoms with Gasteiger partial charge in [-0.05, 0) is 33.0 Å². The summed E-state index contributed by atoms with van der Waals surface area (Å²) in [5, 5.41) is 2.51. The van der Waals surface area contributed by atoms with Gasteiger partial charge in [-0.3, -0.25) is 14.9 Å². The van der Waals surface area contributed by atoms with Gasteiger partial charge in [0.2, 0.25) is 11.8 Å². The summed E-state index contributed by atoms with van der Waals surface area (Å²) in [6, 6.07) is 9.76. The predicted octanol–water partition coefficient (Wildman–Crippen LogP) is 1.38. The fourth-order valence-electron chi connectivity index (χ4n) is 2.52. The first-order chi connectivity index (χ1) is 9.00. The van der Waals surface area contributed by atoms with E-state index in [1.54, 1.807) is 0 Å². The highest BCUT2D eigenvalue weighted by atomic mass is 16.2. The number of benzene rings is 1. The Morgan fingerprint density at radius 1 is 1.16 bits per heavy atom. The van der Waals surface area contributed by atoms with E-state index in [0.717, 1.165) is 5.56 Å². The van der Waals surface area contributed by atoms with E-state index in [1.165, 1.54) is 0 Å². The van der Waals surface area contributed by atoms with Gasteiger partial charge in [-0.2, -0.15) is 0 Å². The molecule has 0 bridgehead atoms. The Morgan fingerprint density at radius 2 is 1.79 bits per heavy atom. The van der Waals surface area contributed by atoms with E-state index in [1.807, 2.05) is 56.3 Å². The van der Waals surface area contributed by atoms with Crippen molar-refractivity contribution in [1.82, 2.24) is 10.2 Å². The minimum Gasteiger partial charge on any atom is -0.306 e. The van der Waals surface area contributed by atoms with Crippen LogP contribution in [0.1, 0.15) is 24.8 Å². The molecule has 0 aromatic heterocycles. The van der Waals surface area contributed by atoms with Gasteiger partial charge in [-0.25, -0.2) is 0 Å². The largest absolute Gasteiger partial charge is 0.306 e. The van der Waals surface area contributed by atoms with Crippen LogP contribution in [-0.2, 0) is 9.59 Å². The van der Waals surface area contributed by atoms with Crippen molar-refractivity contribution in [3.8, 4) is 0 Å². The van der Waals surface area contributed by atoms with Crippen LogP contribution in [0, 0.1) is 5.92 Å². The Balaban J connectivity index is 2.22. The number of amides is 2. The van der Waals surface area contributed by atoms with E-state index >= 15 is 0 Å². The van der Waals surface area contributed by atoms with Gasteiger partial charge in [-0.15, -0.1) is 0 Å². The van der Waals surface area contributed by atoms with Crippen molar-refractivity contribution in [3.63, 3.8) is 0 Å².